The molecule has 4 heteroatoms. The third-order valence-corrected chi connectivity index (χ3v) is 1.05. The summed E-state index contributed by atoms with van der Waals surface area (Å²) in [6.07, 6.45) is 1.22. The minimum Gasteiger partial charge on any atom is -0.463 e. The summed E-state index contributed by atoms with van der Waals surface area (Å²) in [4.78, 5) is 10.8. The molecular weight excluding hydrogens is 148 g/mol. The predicted molar refractivity (Wildman–Crippen MR) is 38.9 cm³/mol. The second-order valence-electron chi connectivity index (χ2n) is 1.79. The Bertz CT molecular complexity index is 151. The van der Waals surface area contributed by atoms with Crippen molar-refractivity contribution < 1.29 is 19.7 Å². The maximum Gasteiger partial charge on any atom is 0.336 e. The molecule has 0 saturated carbocycles. The van der Waals surface area contributed by atoms with Gasteiger partial charge in [0.05, 0.1) is 25.4 Å². The van der Waals surface area contributed by atoms with Crippen LogP contribution in [0, 0.1) is 0 Å². The fraction of sp³-hybridized carbons (Fsp3) is 0.571. The van der Waals surface area contributed by atoms with Gasteiger partial charge in [-0.1, -0.05) is 0 Å². The molecule has 64 valence electrons. The first-order chi connectivity index (χ1) is 5.26. The third kappa shape index (κ3) is 3.75. The Morgan fingerprint density at radius 3 is 2.55 bits per heavy atom. The molecule has 0 rings (SSSR count). The molecule has 4 nitrogen and oxygen atoms in total. The number of esters is 1. The lowest BCUT2D eigenvalue weighted by Crippen LogP contribution is -2.11. The second-order valence-corrected chi connectivity index (χ2v) is 1.79. The van der Waals surface area contributed by atoms with Gasteiger partial charge >= 0.3 is 5.97 Å². The van der Waals surface area contributed by atoms with Crippen LogP contribution < -0.4 is 0 Å². The van der Waals surface area contributed by atoms with Crippen molar-refractivity contribution in [2.24, 2.45) is 0 Å². The summed E-state index contributed by atoms with van der Waals surface area (Å²) in [6.45, 7) is 1.27. The smallest absolute Gasteiger partial charge is 0.336 e. The highest BCUT2D eigenvalue weighted by Gasteiger charge is 2.07. The number of aliphatic hydroxyl groups is 2. The minimum absolute atomic E-state index is 0.0920. The molecule has 0 radical (unpaired) electrons. The summed E-state index contributed by atoms with van der Waals surface area (Å²) in [5.41, 5.74) is 0.0920. The zero-order valence-corrected chi connectivity index (χ0v) is 6.41. The molecule has 0 aliphatic rings. The highest BCUT2D eigenvalue weighted by Crippen LogP contribution is 1.95. The molecule has 0 aliphatic carbocycles. The molecule has 2 N–H and O–H groups in total. The van der Waals surface area contributed by atoms with Gasteiger partial charge in [0.1, 0.15) is 0 Å². The van der Waals surface area contributed by atoms with Crippen molar-refractivity contribution in [2.45, 2.75) is 6.92 Å². The summed E-state index contributed by atoms with van der Waals surface area (Å²) in [5.74, 6) is -0.580. The Morgan fingerprint density at radius 2 is 2.18 bits per heavy atom. The number of carbonyl (C=O) groups is 1. The van der Waals surface area contributed by atoms with Crippen molar-refractivity contribution in [2.75, 3.05) is 19.8 Å². The molecular formula is C7H12O4. The lowest BCUT2D eigenvalue weighted by Gasteiger charge is -2.01. The summed E-state index contributed by atoms with van der Waals surface area (Å²) < 4.78 is 4.57. The Balaban J connectivity index is 4.03. The van der Waals surface area contributed by atoms with Gasteiger partial charge in [0.15, 0.2) is 0 Å². The van der Waals surface area contributed by atoms with E-state index in [-0.39, 0.29) is 18.8 Å². The summed E-state index contributed by atoms with van der Waals surface area (Å²) in [5, 5.41) is 17.0. The van der Waals surface area contributed by atoms with E-state index in [9.17, 15) is 4.79 Å². The van der Waals surface area contributed by atoms with E-state index in [1.807, 2.05) is 0 Å². The van der Waals surface area contributed by atoms with Crippen LogP contribution in [0.15, 0.2) is 11.6 Å². The van der Waals surface area contributed by atoms with Gasteiger partial charge in [-0.15, -0.1) is 0 Å². The lowest BCUT2D eigenvalue weighted by molar-refractivity contribution is -0.139. The molecule has 0 atom stereocenters. The number of hydrogen-bond acceptors (Lipinski definition) is 4. The van der Waals surface area contributed by atoms with Gasteiger partial charge < -0.3 is 14.9 Å². The van der Waals surface area contributed by atoms with Gasteiger partial charge in [-0.2, -0.15) is 0 Å². The summed E-state index contributed by atoms with van der Waals surface area (Å²) >= 11 is 0. The second kappa shape index (κ2) is 5.88. The molecule has 0 aromatic rings. The summed E-state index contributed by atoms with van der Waals surface area (Å²) in [6, 6.07) is 0. The zero-order valence-electron chi connectivity index (χ0n) is 6.41. The van der Waals surface area contributed by atoms with E-state index in [2.05, 4.69) is 4.74 Å². The van der Waals surface area contributed by atoms with E-state index < -0.39 is 12.6 Å². The number of aliphatic hydroxyl groups excluding tert-OH is 2. The molecule has 0 bridgehead atoms. The molecule has 11 heavy (non-hydrogen) atoms. The van der Waals surface area contributed by atoms with E-state index in [0.29, 0.717) is 0 Å². The Kier molecular flexibility index (Phi) is 5.42. The molecule has 0 aliphatic heterocycles. The van der Waals surface area contributed by atoms with Gasteiger partial charge in [-0.3, -0.25) is 0 Å². The molecule has 0 aromatic heterocycles. The van der Waals surface area contributed by atoms with Gasteiger partial charge in [0.25, 0.3) is 0 Å². The predicted octanol–water partition coefficient (Wildman–Crippen LogP) is -0.540. The van der Waals surface area contributed by atoms with Crippen molar-refractivity contribution in [3.8, 4) is 0 Å². The first-order valence-corrected chi connectivity index (χ1v) is 3.34. The van der Waals surface area contributed by atoms with Crippen LogP contribution >= 0.6 is 0 Å². The monoisotopic (exact) mass is 160 g/mol. The van der Waals surface area contributed by atoms with Crippen LogP contribution in [0.5, 0.6) is 0 Å². The molecule has 0 saturated heterocycles. The number of carbonyl (C=O) groups excluding carboxylic acids is 1. The van der Waals surface area contributed by atoms with Crippen molar-refractivity contribution in [1.82, 2.24) is 0 Å². The van der Waals surface area contributed by atoms with Crippen LogP contribution in [0.3, 0.4) is 0 Å². The standard InChI is InChI=1S/C7H12O4/c1-2-11-7(10)6(5-9)3-4-8/h3,8-9H,2,4-5H2,1H3. The van der Waals surface area contributed by atoms with Crippen LogP contribution in [0.25, 0.3) is 0 Å². The van der Waals surface area contributed by atoms with E-state index in [0.717, 1.165) is 0 Å². The number of ether oxygens (including phenoxy) is 1. The minimum atomic E-state index is -0.580. The van der Waals surface area contributed by atoms with E-state index >= 15 is 0 Å². The first-order valence-electron chi connectivity index (χ1n) is 3.34. The maximum absolute atomic E-state index is 10.8. The Labute approximate surface area is 65.1 Å². The highest BCUT2D eigenvalue weighted by molar-refractivity contribution is 5.88. The van der Waals surface area contributed by atoms with Crippen LogP contribution in [0.2, 0.25) is 0 Å². The van der Waals surface area contributed by atoms with Crippen LogP contribution in [0.4, 0.5) is 0 Å². The molecule has 0 heterocycles. The zero-order chi connectivity index (χ0) is 8.69. The molecule has 0 aromatic carbocycles. The number of rotatable bonds is 4. The van der Waals surface area contributed by atoms with Crippen molar-refractivity contribution in [3.05, 3.63) is 11.6 Å². The molecule has 0 fully saturated rings. The van der Waals surface area contributed by atoms with Gasteiger partial charge in [-0.05, 0) is 13.0 Å². The van der Waals surface area contributed by atoms with Crippen LogP contribution in [-0.2, 0) is 9.53 Å². The maximum atomic E-state index is 10.8. The van der Waals surface area contributed by atoms with Crippen molar-refractivity contribution >= 4 is 5.97 Å². The SMILES string of the molecule is CCOC(=O)C(=CCO)CO. The van der Waals surface area contributed by atoms with Gasteiger partial charge in [0, 0.05) is 0 Å². The fourth-order valence-electron chi connectivity index (χ4n) is 0.546. The molecule has 0 amide bonds. The van der Waals surface area contributed by atoms with Crippen molar-refractivity contribution in [3.63, 3.8) is 0 Å². The molecule has 0 unspecified atom stereocenters. The lowest BCUT2D eigenvalue weighted by atomic mass is 10.3. The van der Waals surface area contributed by atoms with Crippen molar-refractivity contribution in [1.29, 1.82) is 0 Å². The number of hydrogen-bond donors (Lipinski definition) is 2. The first kappa shape index (κ1) is 10.1. The van der Waals surface area contributed by atoms with Crippen LogP contribution in [-0.4, -0.2) is 36.0 Å². The van der Waals surface area contributed by atoms with E-state index in [1.54, 1.807) is 6.92 Å². The Morgan fingerprint density at radius 1 is 1.55 bits per heavy atom. The van der Waals surface area contributed by atoms with Crippen LogP contribution in [0.1, 0.15) is 6.92 Å². The van der Waals surface area contributed by atoms with Gasteiger partial charge in [-0.25, -0.2) is 4.79 Å². The third-order valence-electron chi connectivity index (χ3n) is 1.05. The molecule has 0 spiro atoms. The average Bonchev–Trinajstić information content (AvgIpc) is 2.00. The van der Waals surface area contributed by atoms with E-state index in [1.165, 1.54) is 6.08 Å². The highest BCUT2D eigenvalue weighted by atomic mass is 16.5. The van der Waals surface area contributed by atoms with E-state index in [4.69, 9.17) is 10.2 Å². The van der Waals surface area contributed by atoms with Gasteiger partial charge in [0.2, 0.25) is 0 Å². The topological polar surface area (TPSA) is 66.8 Å². The summed E-state index contributed by atoms with van der Waals surface area (Å²) in [7, 11) is 0. The largest absolute Gasteiger partial charge is 0.463 e. The average molecular weight is 160 g/mol. The Hall–Kier alpha value is -0.870. The fourth-order valence-corrected chi connectivity index (χ4v) is 0.546. The quantitative estimate of drug-likeness (QED) is 0.428. The normalized spacial score (nSPS) is 11.4.